The summed E-state index contributed by atoms with van der Waals surface area (Å²) in [5.74, 6) is -1.22. The third kappa shape index (κ3) is 5.46. The Hall–Kier alpha value is -2.24. The van der Waals surface area contributed by atoms with Gasteiger partial charge in [-0.05, 0) is 18.1 Å². The minimum Gasteiger partial charge on any atom is -0.456 e. The van der Waals surface area contributed by atoms with Gasteiger partial charge in [0.15, 0.2) is 26.8 Å². The molecule has 0 amide bonds. The standard InChI is InChI=1S/C19H30N2O8Si/c1-11(22)27-15-13(10-26-30(6,7)19(3,4)5)29-17(16(15)28-12(2)23)21-9-8-14(24)20-18(21)25/h8-9,13,15-17H,10H2,1-7H3,(H,20,24,25)/t13-,15+,16-,17-/m1/s1. The van der Waals surface area contributed by atoms with E-state index in [4.69, 9.17) is 18.6 Å². The molecule has 10 nitrogen and oxygen atoms in total. The third-order valence-electron chi connectivity index (χ3n) is 5.43. The lowest BCUT2D eigenvalue weighted by atomic mass is 10.1. The normalized spacial score (nSPS) is 24.5. The van der Waals surface area contributed by atoms with Crippen LogP contribution >= 0.6 is 0 Å². The number of carbonyl (C=O) groups excluding carboxylic acids is 2. The van der Waals surface area contributed by atoms with E-state index < -0.39 is 56.0 Å². The van der Waals surface area contributed by atoms with E-state index in [1.165, 1.54) is 20.0 Å². The van der Waals surface area contributed by atoms with E-state index in [1.807, 2.05) is 0 Å². The van der Waals surface area contributed by atoms with Gasteiger partial charge in [-0.25, -0.2) is 4.79 Å². The van der Waals surface area contributed by atoms with Crippen LogP contribution in [0, 0.1) is 0 Å². The number of aromatic nitrogens is 2. The zero-order valence-corrected chi connectivity index (χ0v) is 19.4. The van der Waals surface area contributed by atoms with E-state index in [9.17, 15) is 19.2 Å². The van der Waals surface area contributed by atoms with Gasteiger partial charge in [0.2, 0.25) is 0 Å². The van der Waals surface area contributed by atoms with Gasteiger partial charge in [-0.1, -0.05) is 20.8 Å². The highest BCUT2D eigenvalue weighted by Crippen LogP contribution is 2.38. The zero-order valence-electron chi connectivity index (χ0n) is 18.4. The summed E-state index contributed by atoms with van der Waals surface area (Å²) >= 11 is 0. The lowest BCUT2D eigenvalue weighted by Crippen LogP contribution is -2.46. The molecule has 0 spiro atoms. The number of hydrogen-bond acceptors (Lipinski definition) is 8. The molecule has 1 aromatic heterocycles. The third-order valence-corrected chi connectivity index (χ3v) is 9.93. The lowest BCUT2D eigenvalue weighted by molar-refractivity contribution is -0.165. The van der Waals surface area contributed by atoms with Crippen LogP contribution in [0.4, 0.5) is 0 Å². The van der Waals surface area contributed by atoms with Crippen LogP contribution in [0.3, 0.4) is 0 Å². The van der Waals surface area contributed by atoms with Crippen LogP contribution in [-0.4, -0.2) is 54.7 Å². The number of ether oxygens (including phenoxy) is 3. The van der Waals surface area contributed by atoms with Gasteiger partial charge in [0.1, 0.15) is 6.10 Å². The molecule has 1 aliphatic rings. The first-order valence-electron chi connectivity index (χ1n) is 9.68. The molecule has 4 atom stereocenters. The second kappa shape index (κ2) is 8.86. The van der Waals surface area contributed by atoms with Crippen LogP contribution in [0.15, 0.2) is 21.9 Å². The Morgan fingerprint density at radius 2 is 1.70 bits per heavy atom. The highest BCUT2D eigenvalue weighted by molar-refractivity contribution is 6.74. The minimum absolute atomic E-state index is 0.0624. The first-order valence-corrected chi connectivity index (χ1v) is 12.6. The van der Waals surface area contributed by atoms with Gasteiger partial charge in [-0.3, -0.25) is 23.9 Å². The van der Waals surface area contributed by atoms with Crippen LogP contribution in [0.2, 0.25) is 18.1 Å². The number of nitrogens with one attached hydrogen (secondary N) is 1. The van der Waals surface area contributed by atoms with Gasteiger partial charge in [0.05, 0.1) is 6.61 Å². The Bertz CT molecular complexity index is 901. The maximum Gasteiger partial charge on any atom is 0.330 e. The van der Waals surface area contributed by atoms with Crippen molar-refractivity contribution >= 4 is 20.3 Å². The summed E-state index contributed by atoms with van der Waals surface area (Å²) in [6.45, 7) is 12.9. The Labute approximate surface area is 175 Å². The summed E-state index contributed by atoms with van der Waals surface area (Å²) < 4.78 is 24.1. The second-order valence-corrected chi connectivity index (χ2v) is 13.6. The molecule has 1 N–H and O–H groups in total. The van der Waals surface area contributed by atoms with E-state index in [2.05, 4.69) is 38.8 Å². The predicted octanol–water partition coefficient (Wildman–Crippen LogP) is 1.32. The summed E-state index contributed by atoms with van der Waals surface area (Å²) in [6, 6.07) is 1.15. The Kier molecular flexibility index (Phi) is 7.10. The average molecular weight is 443 g/mol. The van der Waals surface area contributed by atoms with Crippen LogP contribution in [0.5, 0.6) is 0 Å². The Morgan fingerprint density at radius 3 is 2.20 bits per heavy atom. The molecule has 30 heavy (non-hydrogen) atoms. The van der Waals surface area contributed by atoms with Gasteiger partial charge in [-0.2, -0.15) is 0 Å². The minimum atomic E-state index is -2.16. The summed E-state index contributed by atoms with van der Waals surface area (Å²) in [4.78, 5) is 49.3. The summed E-state index contributed by atoms with van der Waals surface area (Å²) in [6.07, 6.45) is -2.72. The summed E-state index contributed by atoms with van der Waals surface area (Å²) in [5.41, 5.74) is -1.31. The molecular weight excluding hydrogens is 412 g/mol. The van der Waals surface area contributed by atoms with Crippen molar-refractivity contribution in [1.82, 2.24) is 9.55 Å². The van der Waals surface area contributed by atoms with Crippen molar-refractivity contribution in [3.63, 3.8) is 0 Å². The van der Waals surface area contributed by atoms with Crippen molar-refractivity contribution in [1.29, 1.82) is 0 Å². The molecule has 1 fully saturated rings. The molecule has 1 aromatic rings. The maximum atomic E-state index is 12.3. The molecule has 2 rings (SSSR count). The van der Waals surface area contributed by atoms with Gasteiger partial charge >= 0.3 is 17.6 Å². The van der Waals surface area contributed by atoms with Crippen molar-refractivity contribution in [2.75, 3.05) is 6.61 Å². The van der Waals surface area contributed by atoms with E-state index in [1.54, 1.807) is 0 Å². The van der Waals surface area contributed by atoms with Crippen molar-refractivity contribution in [2.45, 2.75) is 77.3 Å². The van der Waals surface area contributed by atoms with Crippen molar-refractivity contribution in [3.05, 3.63) is 33.1 Å². The largest absolute Gasteiger partial charge is 0.456 e. The molecule has 0 aromatic carbocycles. The fraction of sp³-hybridized carbons (Fsp3) is 0.684. The number of nitrogens with zero attached hydrogens (tertiary/aromatic N) is 1. The van der Waals surface area contributed by atoms with Gasteiger partial charge in [0.25, 0.3) is 5.56 Å². The van der Waals surface area contributed by atoms with Crippen molar-refractivity contribution in [3.8, 4) is 0 Å². The van der Waals surface area contributed by atoms with Crippen LogP contribution in [-0.2, 0) is 28.2 Å². The van der Waals surface area contributed by atoms with E-state index >= 15 is 0 Å². The zero-order chi connectivity index (χ0) is 22.9. The fourth-order valence-electron chi connectivity index (χ4n) is 2.85. The molecule has 0 bridgehead atoms. The second-order valence-electron chi connectivity index (χ2n) is 8.80. The average Bonchev–Trinajstić information content (AvgIpc) is 2.88. The van der Waals surface area contributed by atoms with Crippen molar-refractivity contribution in [2.24, 2.45) is 0 Å². The van der Waals surface area contributed by atoms with Crippen LogP contribution in [0.25, 0.3) is 0 Å². The van der Waals surface area contributed by atoms with Gasteiger partial charge < -0.3 is 18.6 Å². The number of esters is 2. The lowest BCUT2D eigenvalue weighted by Gasteiger charge is -2.37. The first-order chi connectivity index (χ1) is 13.7. The maximum absolute atomic E-state index is 12.3. The van der Waals surface area contributed by atoms with E-state index in [0.29, 0.717) is 0 Å². The van der Waals surface area contributed by atoms with Crippen molar-refractivity contribution < 1.29 is 28.2 Å². The predicted molar refractivity (Wildman–Crippen MR) is 109 cm³/mol. The molecule has 168 valence electrons. The summed E-state index contributed by atoms with van der Waals surface area (Å²) in [5, 5.41) is -0.0624. The highest BCUT2D eigenvalue weighted by atomic mass is 28.4. The number of aromatic amines is 1. The molecule has 0 unspecified atom stereocenters. The first kappa shape index (κ1) is 24.0. The molecule has 1 saturated heterocycles. The molecule has 11 heteroatoms. The Balaban J connectivity index is 2.40. The number of carbonyl (C=O) groups is 2. The van der Waals surface area contributed by atoms with Gasteiger partial charge in [-0.15, -0.1) is 0 Å². The number of hydrogen-bond donors (Lipinski definition) is 1. The molecule has 0 radical (unpaired) electrons. The van der Waals surface area contributed by atoms with E-state index in [-0.39, 0.29) is 11.6 Å². The molecular formula is C19H30N2O8Si. The Morgan fingerprint density at radius 1 is 1.13 bits per heavy atom. The van der Waals surface area contributed by atoms with Crippen LogP contribution < -0.4 is 11.2 Å². The molecule has 2 heterocycles. The van der Waals surface area contributed by atoms with Gasteiger partial charge in [0, 0.05) is 26.1 Å². The highest BCUT2D eigenvalue weighted by Gasteiger charge is 2.51. The topological polar surface area (TPSA) is 126 Å². The molecule has 1 aliphatic heterocycles. The quantitative estimate of drug-likeness (QED) is 0.516. The summed E-state index contributed by atoms with van der Waals surface area (Å²) in [7, 11) is -2.16. The smallest absolute Gasteiger partial charge is 0.330 e. The molecule has 0 aliphatic carbocycles. The number of H-pyrrole nitrogens is 1. The molecule has 0 saturated carbocycles. The SMILES string of the molecule is CC(=O)O[C@@H]1[C@@H](OC(C)=O)[C@@H](CO[Si](C)(C)C(C)(C)C)O[C@H]1n1ccc(=O)[nH]c1=O. The fourth-order valence-corrected chi connectivity index (χ4v) is 3.87. The van der Waals surface area contributed by atoms with Crippen LogP contribution in [0.1, 0.15) is 40.8 Å². The monoisotopic (exact) mass is 442 g/mol. The number of rotatable bonds is 6. The van der Waals surface area contributed by atoms with E-state index in [0.717, 1.165) is 10.6 Å².